The molecule has 0 spiro atoms. The van der Waals surface area contributed by atoms with Crippen molar-refractivity contribution in [3.05, 3.63) is 35.4 Å². The van der Waals surface area contributed by atoms with Crippen LogP contribution in [-0.4, -0.2) is 29.0 Å². The van der Waals surface area contributed by atoms with Gasteiger partial charge in [0.05, 0.1) is 5.94 Å². The van der Waals surface area contributed by atoms with Crippen molar-refractivity contribution >= 4 is 13.0 Å². The Labute approximate surface area is 102 Å². The van der Waals surface area contributed by atoms with E-state index in [4.69, 9.17) is 0 Å². The zero-order valence-electron chi connectivity index (χ0n) is 10.2. The maximum atomic E-state index is 10.9. The van der Waals surface area contributed by atoms with Gasteiger partial charge >= 0.3 is 7.12 Å². The minimum atomic E-state index is -1.55. The topological polar surface area (TPSA) is 69.6 Å². The Morgan fingerprint density at radius 2 is 2.06 bits per heavy atom. The first-order valence-electron chi connectivity index (χ1n) is 5.74. The molecule has 0 aliphatic heterocycles. The van der Waals surface area contributed by atoms with Crippen LogP contribution < -0.4 is 5.32 Å². The Morgan fingerprint density at radius 1 is 1.41 bits per heavy atom. The van der Waals surface area contributed by atoms with E-state index in [9.17, 15) is 14.8 Å². The molecule has 92 valence electrons. The van der Waals surface area contributed by atoms with Gasteiger partial charge in [-0.3, -0.25) is 4.79 Å². The van der Waals surface area contributed by atoms with E-state index in [2.05, 4.69) is 12.2 Å². The molecule has 4 nitrogen and oxygen atoms in total. The third-order valence-electron chi connectivity index (χ3n) is 2.60. The van der Waals surface area contributed by atoms with Crippen LogP contribution in [0.4, 0.5) is 0 Å². The highest BCUT2D eigenvalue weighted by molar-refractivity contribution is 6.43. The summed E-state index contributed by atoms with van der Waals surface area (Å²) in [4.78, 5) is 10.9. The summed E-state index contributed by atoms with van der Waals surface area (Å²) in [6.45, 7) is 3.42. The van der Waals surface area contributed by atoms with Crippen LogP contribution >= 0.6 is 0 Å². The van der Waals surface area contributed by atoms with E-state index in [0.29, 0.717) is 6.42 Å². The summed E-state index contributed by atoms with van der Waals surface area (Å²) in [5.74, 6) is -0.936. The van der Waals surface area contributed by atoms with Gasteiger partial charge in [-0.2, -0.15) is 0 Å². The van der Waals surface area contributed by atoms with Crippen molar-refractivity contribution in [2.45, 2.75) is 32.6 Å². The Balaban J connectivity index is 2.74. The molecular formula is C12H18BNO3. The monoisotopic (exact) mass is 235 g/mol. The van der Waals surface area contributed by atoms with E-state index >= 15 is 0 Å². The Morgan fingerprint density at radius 3 is 2.59 bits per heavy atom. The van der Waals surface area contributed by atoms with Crippen LogP contribution in [0, 0.1) is 0 Å². The molecule has 0 saturated heterocycles. The van der Waals surface area contributed by atoms with Crippen LogP contribution in [0.15, 0.2) is 24.3 Å². The first-order chi connectivity index (χ1) is 8.02. The lowest BCUT2D eigenvalue weighted by Gasteiger charge is -2.17. The first-order valence-corrected chi connectivity index (χ1v) is 5.74. The molecule has 0 aliphatic rings. The van der Waals surface area contributed by atoms with Crippen LogP contribution in [0.5, 0.6) is 0 Å². The average molecular weight is 235 g/mol. The predicted octanol–water partition coefficient (Wildman–Crippen LogP) is 0.308. The molecule has 1 amide bonds. The second-order valence-electron chi connectivity index (χ2n) is 4.10. The maximum Gasteiger partial charge on any atom is 0.475 e. The molecule has 0 unspecified atom stereocenters. The summed E-state index contributed by atoms with van der Waals surface area (Å²) < 4.78 is 0. The Hall–Kier alpha value is -1.33. The standard InChI is InChI=1S/C12H18BNO3/c1-3-10-5-4-6-11(7-10)8-12(13(16)17)14-9(2)15/h4-7,12,16-17H,3,8H2,1-2H3,(H,14,15)/t12-/m0/s1. The fourth-order valence-corrected chi connectivity index (χ4v) is 1.72. The molecule has 0 bridgehead atoms. The highest BCUT2D eigenvalue weighted by atomic mass is 16.4. The second-order valence-corrected chi connectivity index (χ2v) is 4.10. The maximum absolute atomic E-state index is 10.9. The molecular weight excluding hydrogens is 217 g/mol. The van der Waals surface area contributed by atoms with E-state index in [1.165, 1.54) is 12.5 Å². The summed E-state index contributed by atoms with van der Waals surface area (Å²) in [5, 5.41) is 20.9. The minimum Gasteiger partial charge on any atom is -0.426 e. The zero-order valence-corrected chi connectivity index (χ0v) is 10.2. The SMILES string of the molecule is CCc1cccc(C[C@H](NC(C)=O)B(O)O)c1. The molecule has 0 heterocycles. The molecule has 3 N–H and O–H groups in total. The fourth-order valence-electron chi connectivity index (χ4n) is 1.72. The van der Waals surface area contributed by atoms with E-state index in [-0.39, 0.29) is 5.91 Å². The minimum absolute atomic E-state index is 0.269. The summed E-state index contributed by atoms with van der Waals surface area (Å²) in [7, 11) is -1.55. The van der Waals surface area contributed by atoms with Gasteiger partial charge in [0.2, 0.25) is 5.91 Å². The first kappa shape index (κ1) is 13.7. The fraction of sp³-hybridized carbons (Fsp3) is 0.417. The van der Waals surface area contributed by atoms with Crippen molar-refractivity contribution in [2.75, 3.05) is 0 Å². The van der Waals surface area contributed by atoms with Crippen LogP contribution in [0.2, 0.25) is 0 Å². The van der Waals surface area contributed by atoms with Crippen LogP contribution in [0.25, 0.3) is 0 Å². The molecule has 5 heteroatoms. The van der Waals surface area contributed by atoms with E-state index in [1.807, 2.05) is 24.3 Å². The smallest absolute Gasteiger partial charge is 0.426 e. The molecule has 17 heavy (non-hydrogen) atoms. The number of aryl methyl sites for hydroxylation is 1. The number of carbonyl (C=O) groups is 1. The molecule has 0 aliphatic carbocycles. The molecule has 1 aromatic carbocycles. The van der Waals surface area contributed by atoms with E-state index in [0.717, 1.165) is 12.0 Å². The lowest BCUT2D eigenvalue weighted by molar-refractivity contribution is -0.119. The van der Waals surface area contributed by atoms with Crippen molar-refractivity contribution in [1.82, 2.24) is 5.32 Å². The zero-order chi connectivity index (χ0) is 12.8. The molecule has 1 rings (SSSR count). The van der Waals surface area contributed by atoms with E-state index < -0.39 is 13.1 Å². The Bertz CT molecular complexity index is 382. The molecule has 1 aromatic rings. The molecule has 1 atom stereocenters. The van der Waals surface area contributed by atoms with Crippen LogP contribution in [0.3, 0.4) is 0 Å². The lowest BCUT2D eigenvalue weighted by Crippen LogP contribution is -2.47. The number of hydrogen-bond acceptors (Lipinski definition) is 3. The summed E-state index contributed by atoms with van der Waals surface area (Å²) >= 11 is 0. The van der Waals surface area contributed by atoms with Gasteiger partial charge in [0.1, 0.15) is 0 Å². The summed E-state index contributed by atoms with van der Waals surface area (Å²) in [6, 6.07) is 7.88. The van der Waals surface area contributed by atoms with Crippen molar-refractivity contribution in [2.24, 2.45) is 0 Å². The number of hydrogen-bond donors (Lipinski definition) is 3. The van der Waals surface area contributed by atoms with Gasteiger partial charge in [0.15, 0.2) is 0 Å². The largest absolute Gasteiger partial charge is 0.475 e. The highest BCUT2D eigenvalue weighted by Gasteiger charge is 2.24. The normalized spacial score (nSPS) is 12.0. The van der Waals surface area contributed by atoms with Crippen molar-refractivity contribution in [3.63, 3.8) is 0 Å². The van der Waals surface area contributed by atoms with Gasteiger partial charge in [-0.15, -0.1) is 0 Å². The summed E-state index contributed by atoms with van der Waals surface area (Å²) in [5.41, 5.74) is 2.17. The van der Waals surface area contributed by atoms with Gasteiger partial charge in [-0.1, -0.05) is 31.2 Å². The van der Waals surface area contributed by atoms with Gasteiger partial charge in [0.25, 0.3) is 0 Å². The van der Waals surface area contributed by atoms with E-state index in [1.54, 1.807) is 0 Å². The average Bonchev–Trinajstić information content (AvgIpc) is 2.27. The summed E-state index contributed by atoms with van der Waals surface area (Å²) in [6.07, 6.45) is 1.34. The van der Waals surface area contributed by atoms with Crippen molar-refractivity contribution in [1.29, 1.82) is 0 Å². The van der Waals surface area contributed by atoms with Crippen molar-refractivity contribution < 1.29 is 14.8 Å². The number of nitrogens with one attached hydrogen (secondary N) is 1. The Kier molecular flexibility index (Phi) is 5.19. The van der Waals surface area contributed by atoms with Gasteiger partial charge in [0, 0.05) is 6.92 Å². The number of amides is 1. The lowest BCUT2D eigenvalue weighted by atomic mass is 9.76. The third kappa shape index (κ3) is 4.59. The third-order valence-corrected chi connectivity index (χ3v) is 2.60. The molecule has 0 aromatic heterocycles. The second kappa shape index (κ2) is 6.42. The van der Waals surface area contributed by atoms with Crippen LogP contribution in [0.1, 0.15) is 25.0 Å². The number of rotatable bonds is 5. The molecule has 0 radical (unpaired) electrons. The van der Waals surface area contributed by atoms with Crippen LogP contribution in [-0.2, 0) is 17.6 Å². The predicted molar refractivity (Wildman–Crippen MR) is 67.3 cm³/mol. The van der Waals surface area contributed by atoms with Gasteiger partial charge < -0.3 is 15.4 Å². The van der Waals surface area contributed by atoms with Gasteiger partial charge in [-0.05, 0) is 24.0 Å². The van der Waals surface area contributed by atoms with Gasteiger partial charge in [-0.25, -0.2) is 0 Å². The molecule has 0 saturated carbocycles. The number of carbonyl (C=O) groups excluding carboxylic acids is 1. The highest BCUT2D eigenvalue weighted by Crippen LogP contribution is 2.09. The number of benzene rings is 1. The molecule has 0 fully saturated rings. The quantitative estimate of drug-likeness (QED) is 0.643. The van der Waals surface area contributed by atoms with Crippen molar-refractivity contribution in [3.8, 4) is 0 Å².